The minimum atomic E-state index is 0.239. The molecule has 0 radical (unpaired) electrons. The number of hydrogen-bond acceptors (Lipinski definition) is 3. The van der Waals surface area contributed by atoms with Crippen LogP contribution in [0.25, 0.3) is 0 Å². The number of urea groups is 1. The van der Waals surface area contributed by atoms with E-state index in [0.717, 1.165) is 45.3 Å². The minimum Gasteiger partial charge on any atom is -0.324 e. The van der Waals surface area contributed by atoms with Gasteiger partial charge in [-0.25, -0.2) is 9.78 Å². The molecular formula is C16H27N5O. The zero-order valence-electron chi connectivity index (χ0n) is 13.7. The Balaban J connectivity index is 1.62. The first-order valence-corrected chi connectivity index (χ1v) is 8.55. The fraction of sp³-hybridized carbons (Fsp3) is 0.812. The van der Waals surface area contributed by atoms with Crippen molar-refractivity contribution < 1.29 is 4.79 Å². The maximum absolute atomic E-state index is 12.9. The third-order valence-corrected chi connectivity index (χ3v) is 5.12. The van der Waals surface area contributed by atoms with E-state index < -0.39 is 0 Å². The predicted octanol–water partition coefficient (Wildman–Crippen LogP) is 2.37. The summed E-state index contributed by atoms with van der Waals surface area (Å²) in [6.07, 6.45) is 9.08. The van der Waals surface area contributed by atoms with Crippen LogP contribution in [-0.2, 0) is 6.54 Å². The van der Waals surface area contributed by atoms with Gasteiger partial charge in [0.05, 0.1) is 0 Å². The van der Waals surface area contributed by atoms with Gasteiger partial charge in [-0.2, -0.15) is 5.10 Å². The highest BCUT2D eigenvalue weighted by atomic mass is 16.2. The Bertz CT molecular complexity index is 479. The molecule has 0 bridgehead atoms. The van der Waals surface area contributed by atoms with E-state index in [1.54, 1.807) is 12.7 Å². The molecule has 0 aliphatic carbocycles. The van der Waals surface area contributed by atoms with Crippen molar-refractivity contribution in [3.63, 3.8) is 0 Å². The number of aromatic nitrogens is 3. The van der Waals surface area contributed by atoms with Crippen molar-refractivity contribution in [3.05, 3.63) is 12.7 Å². The normalized spacial score (nSPS) is 29.6. The van der Waals surface area contributed by atoms with Gasteiger partial charge in [-0.3, -0.25) is 4.68 Å². The molecule has 2 saturated heterocycles. The number of piperidine rings is 2. The number of rotatable bonds is 2. The number of amides is 2. The molecule has 122 valence electrons. The van der Waals surface area contributed by atoms with Crippen LogP contribution in [0, 0.1) is 5.92 Å². The summed E-state index contributed by atoms with van der Waals surface area (Å²) in [5, 5.41) is 4.19. The second-order valence-corrected chi connectivity index (χ2v) is 6.89. The van der Waals surface area contributed by atoms with Gasteiger partial charge in [0.2, 0.25) is 0 Å². The van der Waals surface area contributed by atoms with Crippen LogP contribution in [0.2, 0.25) is 0 Å². The lowest BCUT2D eigenvalue weighted by atomic mass is 9.96. The summed E-state index contributed by atoms with van der Waals surface area (Å²) >= 11 is 0. The van der Waals surface area contributed by atoms with Crippen LogP contribution < -0.4 is 0 Å². The molecule has 22 heavy (non-hydrogen) atoms. The molecule has 2 fully saturated rings. The lowest BCUT2D eigenvalue weighted by Crippen LogP contribution is -2.55. The van der Waals surface area contributed by atoms with Crippen molar-refractivity contribution in [3.8, 4) is 0 Å². The van der Waals surface area contributed by atoms with Gasteiger partial charge in [0.25, 0.3) is 0 Å². The first-order chi connectivity index (χ1) is 10.6. The van der Waals surface area contributed by atoms with Gasteiger partial charge < -0.3 is 9.80 Å². The van der Waals surface area contributed by atoms with Gasteiger partial charge in [-0.1, -0.05) is 0 Å². The maximum Gasteiger partial charge on any atom is 0.320 e. The summed E-state index contributed by atoms with van der Waals surface area (Å²) in [5.41, 5.74) is 0. The third kappa shape index (κ3) is 3.25. The zero-order chi connectivity index (χ0) is 15.5. The topological polar surface area (TPSA) is 54.3 Å². The van der Waals surface area contributed by atoms with Crippen molar-refractivity contribution >= 4 is 6.03 Å². The number of carbonyl (C=O) groups excluding carboxylic acids is 1. The average molecular weight is 305 g/mol. The van der Waals surface area contributed by atoms with E-state index >= 15 is 0 Å². The molecule has 0 saturated carbocycles. The fourth-order valence-corrected chi connectivity index (χ4v) is 3.94. The Kier molecular flexibility index (Phi) is 4.64. The molecule has 0 N–H and O–H groups in total. The average Bonchev–Trinajstić information content (AvgIpc) is 3.00. The van der Waals surface area contributed by atoms with Crippen LogP contribution in [0.4, 0.5) is 4.79 Å². The zero-order valence-corrected chi connectivity index (χ0v) is 13.7. The SMILES string of the molecule is CC1CCCC(C)N1C(=O)N1CCCC(Cn2cncn2)C1. The molecule has 3 unspecified atom stereocenters. The molecule has 3 rings (SSSR count). The molecule has 2 amide bonds. The highest BCUT2D eigenvalue weighted by Crippen LogP contribution is 2.26. The molecule has 1 aromatic rings. The Morgan fingerprint density at radius 1 is 1.18 bits per heavy atom. The standard InChI is InChI=1S/C16H27N5O/c1-13-5-3-6-14(2)21(13)16(22)19-8-4-7-15(9-19)10-20-12-17-11-18-20/h11-15H,3-10H2,1-2H3. The van der Waals surface area contributed by atoms with Crippen LogP contribution in [0.15, 0.2) is 12.7 Å². The molecule has 2 aliphatic heterocycles. The van der Waals surface area contributed by atoms with E-state index in [9.17, 15) is 4.79 Å². The Labute approximate surface area is 132 Å². The highest BCUT2D eigenvalue weighted by molar-refractivity contribution is 5.75. The van der Waals surface area contributed by atoms with E-state index in [2.05, 4.69) is 33.7 Å². The van der Waals surface area contributed by atoms with Crippen molar-refractivity contribution in [2.45, 2.75) is 64.6 Å². The summed E-state index contributed by atoms with van der Waals surface area (Å²) in [5.74, 6) is 0.481. The van der Waals surface area contributed by atoms with Crippen molar-refractivity contribution in [1.82, 2.24) is 24.6 Å². The van der Waals surface area contributed by atoms with Crippen LogP contribution in [0.5, 0.6) is 0 Å². The lowest BCUT2D eigenvalue weighted by Gasteiger charge is -2.43. The van der Waals surface area contributed by atoms with Crippen LogP contribution in [0.1, 0.15) is 46.0 Å². The quantitative estimate of drug-likeness (QED) is 0.843. The summed E-state index contributed by atoms with van der Waals surface area (Å²) in [4.78, 5) is 21.1. The summed E-state index contributed by atoms with van der Waals surface area (Å²) < 4.78 is 1.88. The Morgan fingerprint density at radius 2 is 1.95 bits per heavy atom. The Morgan fingerprint density at radius 3 is 2.64 bits per heavy atom. The molecule has 1 aromatic heterocycles. The van der Waals surface area contributed by atoms with Gasteiger partial charge in [0.1, 0.15) is 12.7 Å². The van der Waals surface area contributed by atoms with E-state index in [4.69, 9.17) is 0 Å². The van der Waals surface area contributed by atoms with E-state index in [0.29, 0.717) is 18.0 Å². The summed E-state index contributed by atoms with van der Waals surface area (Å²) in [7, 11) is 0. The van der Waals surface area contributed by atoms with E-state index in [1.807, 2.05) is 4.68 Å². The Hall–Kier alpha value is -1.59. The molecule has 0 aromatic carbocycles. The van der Waals surface area contributed by atoms with Crippen molar-refractivity contribution in [2.24, 2.45) is 5.92 Å². The number of nitrogens with zero attached hydrogens (tertiary/aromatic N) is 5. The second kappa shape index (κ2) is 6.67. The van der Waals surface area contributed by atoms with Crippen molar-refractivity contribution in [1.29, 1.82) is 0 Å². The third-order valence-electron chi connectivity index (χ3n) is 5.12. The van der Waals surface area contributed by atoms with E-state index in [-0.39, 0.29) is 6.03 Å². The summed E-state index contributed by atoms with van der Waals surface area (Å²) in [6.45, 7) is 6.96. The van der Waals surface area contributed by atoms with Crippen LogP contribution in [-0.4, -0.2) is 55.8 Å². The van der Waals surface area contributed by atoms with Gasteiger partial charge >= 0.3 is 6.03 Å². The molecule has 3 atom stereocenters. The van der Waals surface area contributed by atoms with E-state index in [1.165, 1.54) is 6.42 Å². The predicted molar refractivity (Wildman–Crippen MR) is 84.3 cm³/mol. The smallest absolute Gasteiger partial charge is 0.320 e. The molecule has 2 aliphatic rings. The molecular weight excluding hydrogens is 278 g/mol. The number of carbonyl (C=O) groups is 1. The number of likely N-dealkylation sites (tertiary alicyclic amines) is 2. The highest BCUT2D eigenvalue weighted by Gasteiger charge is 2.34. The summed E-state index contributed by atoms with van der Waals surface area (Å²) in [6, 6.07) is 0.974. The van der Waals surface area contributed by atoms with Crippen molar-refractivity contribution in [2.75, 3.05) is 13.1 Å². The van der Waals surface area contributed by atoms with Gasteiger partial charge in [0, 0.05) is 31.7 Å². The molecule has 3 heterocycles. The van der Waals surface area contributed by atoms with Gasteiger partial charge in [-0.15, -0.1) is 0 Å². The molecule has 6 heteroatoms. The molecule has 6 nitrogen and oxygen atoms in total. The monoisotopic (exact) mass is 305 g/mol. The number of hydrogen-bond donors (Lipinski definition) is 0. The van der Waals surface area contributed by atoms with Crippen LogP contribution >= 0.6 is 0 Å². The minimum absolute atomic E-state index is 0.239. The lowest BCUT2D eigenvalue weighted by molar-refractivity contribution is 0.0767. The first-order valence-electron chi connectivity index (χ1n) is 8.55. The van der Waals surface area contributed by atoms with Gasteiger partial charge in [0.15, 0.2) is 0 Å². The maximum atomic E-state index is 12.9. The second-order valence-electron chi connectivity index (χ2n) is 6.89. The largest absolute Gasteiger partial charge is 0.324 e. The molecule has 0 spiro atoms. The van der Waals surface area contributed by atoms with Crippen LogP contribution in [0.3, 0.4) is 0 Å². The van der Waals surface area contributed by atoms with Gasteiger partial charge in [-0.05, 0) is 51.9 Å². The fourth-order valence-electron chi connectivity index (χ4n) is 3.94. The first kappa shape index (κ1) is 15.3.